The van der Waals surface area contributed by atoms with Crippen molar-refractivity contribution in [3.63, 3.8) is 0 Å². The fourth-order valence-corrected chi connectivity index (χ4v) is 5.44. The summed E-state index contributed by atoms with van der Waals surface area (Å²) in [6, 6.07) is 13.3. The van der Waals surface area contributed by atoms with E-state index in [9.17, 15) is 18.4 Å². The smallest absolute Gasteiger partial charge is 0.255 e. The molecule has 0 saturated heterocycles. The molecule has 4 nitrogen and oxygen atoms in total. The number of benzene rings is 2. The Bertz CT molecular complexity index is 1060. The van der Waals surface area contributed by atoms with E-state index in [-0.39, 0.29) is 11.8 Å². The molecule has 0 aliphatic heterocycles. The number of nitrogens with one attached hydrogen (secondary N) is 1. The van der Waals surface area contributed by atoms with Crippen LogP contribution in [0.2, 0.25) is 5.02 Å². The topological polar surface area (TPSA) is 49.4 Å². The molecule has 0 aromatic heterocycles. The van der Waals surface area contributed by atoms with Crippen molar-refractivity contribution in [1.29, 1.82) is 0 Å². The fraction of sp³-hybridized carbons (Fsp3) is 0.481. The Hall–Kier alpha value is -2.47. The average molecular weight is 489 g/mol. The van der Waals surface area contributed by atoms with Crippen LogP contribution in [-0.2, 0) is 11.3 Å². The minimum atomic E-state index is -2.69. The van der Waals surface area contributed by atoms with Crippen molar-refractivity contribution in [1.82, 2.24) is 10.2 Å². The van der Waals surface area contributed by atoms with Gasteiger partial charge in [0.1, 0.15) is 0 Å². The van der Waals surface area contributed by atoms with Gasteiger partial charge in [0.15, 0.2) is 0 Å². The van der Waals surface area contributed by atoms with E-state index in [0.717, 1.165) is 16.7 Å². The second-order valence-electron chi connectivity index (χ2n) is 9.62. The third-order valence-electron chi connectivity index (χ3n) is 7.21. The largest absolute Gasteiger partial charge is 0.356 e. The molecule has 2 aliphatic rings. The summed E-state index contributed by atoms with van der Waals surface area (Å²) in [6.07, 6.45) is 2.25. The molecule has 3 unspecified atom stereocenters. The summed E-state index contributed by atoms with van der Waals surface area (Å²) in [6.45, 7) is 4.95. The Kier molecular flexibility index (Phi) is 7.27. The molecule has 0 heterocycles. The van der Waals surface area contributed by atoms with E-state index in [1.165, 1.54) is 0 Å². The maximum Gasteiger partial charge on any atom is 0.255 e. The first kappa shape index (κ1) is 24.6. The van der Waals surface area contributed by atoms with Gasteiger partial charge in [-0.2, -0.15) is 0 Å². The van der Waals surface area contributed by atoms with Crippen LogP contribution in [-0.4, -0.2) is 35.7 Å². The Morgan fingerprint density at radius 1 is 1.12 bits per heavy atom. The monoisotopic (exact) mass is 488 g/mol. The number of hydrogen-bond acceptors (Lipinski definition) is 2. The Labute approximate surface area is 204 Å². The molecule has 3 atom stereocenters. The molecule has 4 rings (SSSR count). The molecule has 0 spiro atoms. The van der Waals surface area contributed by atoms with E-state index in [0.29, 0.717) is 55.9 Å². The molecule has 2 amide bonds. The Balaban J connectivity index is 1.38. The first-order chi connectivity index (χ1) is 16.2. The summed E-state index contributed by atoms with van der Waals surface area (Å²) in [5, 5.41) is 3.47. The lowest BCUT2D eigenvalue weighted by molar-refractivity contribution is -0.127. The van der Waals surface area contributed by atoms with E-state index in [2.05, 4.69) is 5.32 Å². The maximum absolute atomic E-state index is 13.9. The van der Waals surface area contributed by atoms with Crippen molar-refractivity contribution in [2.45, 2.75) is 52.0 Å². The van der Waals surface area contributed by atoms with Crippen LogP contribution in [0.5, 0.6) is 0 Å². The van der Waals surface area contributed by atoms with Gasteiger partial charge in [-0.25, -0.2) is 8.78 Å². The van der Waals surface area contributed by atoms with Crippen molar-refractivity contribution < 1.29 is 18.4 Å². The van der Waals surface area contributed by atoms with Crippen molar-refractivity contribution in [2.75, 3.05) is 13.1 Å². The lowest BCUT2D eigenvalue weighted by Gasteiger charge is -2.25. The average Bonchev–Trinajstić information content (AvgIpc) is 3.39. The summed E-state index contributed by atoms with van der Waals surface area (Å²) in [7, 11) is 0. The Morgan fingerprint density at radius 3 is 2.59 bits per heavy atom. The predicted octanol–water partition coefficient (Wildman–Crippen LogP) is 5.79. The summed E-state index contributed by atoms with van der Waals surface area (Å²) in [5.74, 6) is -5.09. The summed E-state index contributed by atoms with van der Waals surface area (Å²) < 4.78 is 27.8. The fourth-order valence-electron chi connectivity index (χ4n) is 5.22. The zero-order valence-corrected chi connectivity index (χ0v) is 20.4. The Morgan fingerprint density at radius 2 is 1.85 bits per heavy atom. The molecular formula is C27H31ClF2N2O2. The standard InChI is InChI=1S/C27H31ClF2N2O2/c1-17-15-23(28)18(2)14-21(17)26(34)32(16-19-8-4-3-5-9-19)13-7-12-31-25(33)20-10-6-11-22-24(20)27(22,29)30/h3-5,8-9,14-15,20,22,24H,6-7,10-13,16H2,1-2H3,(H,31,33). The second-order valence-corrected chi connectivity index (χ2v) is 10.0. The molecule has 182 valence electrons. The second kappa shape index (κ2) is 10.0. The predicted molar refractivity (Wildman–Crippen MR) is 129 cm³/mol. The van der Waals surface area contributed by atoms with Crippen LogP contribution in [0, 0.1) is 31.6 Å². The van der Waals surface area contributed by atoms with Gasteiger partial charge < -0.3 is 10.2 Å². The van der Waals surface area contributed by atoms with Crippen LogP contribution < -0.4 is 5.32 Å². The van der Waals surface area contributed by atoms with Gasteiger partial charge in [0.25, 0.3) is 11.8 Å². The summed E-state index contributed by atoms with van der Waals surface area (Å²) in [5.41, 5.74) is 3.26. The number of aryl methyl sites for hydroxylation is 2. The highest BCUT2D eigenvalue weighted by Gasteiger charge is 2.72. The van der Waals surface area contributed by atoms with Gasteiger partial charge in [0, 0.05) is 48.0 Å². The molecule has 2 fully saturated rings. The minimum Gasteiger partial charge on any atom is -0.356 e. The van der Waals surface area contributed by atoms with Crippen LogP contribution >= 0.6 is 11.6 Å². The van der Waals surface area contributed by atoms with Crippen molar-refractivity contribution in [2.24, 2.45) is 17.8 Å². The lowest BCUT2D eigenvalue weighted by Crippen LogP contribution is -2.37. The van der Waals surface area contributed by atoms with Crippen LogP contribution in [0.3, 0.4) is 0 Å². The number of halogens is 3. The van der Waals surface area contributed by atoms with Gasteiger partial charge in [-0.15, -0.1) is 0 Å². The molecule has 2 saturated carbocycles. The number of fused-ring (bicyclic) bond motifs is 1. The number of amides is 2. The van der Waals surface area contributed by atoms with Crippen LogP contribution in [0.25, 0.3) is 0 Å². The summed E-state index contributed by atoms with van der Waals surface area (Å²) in [4.78, 5) is 27.8. The molecule has 1 N–H and O–H groups in total. The van der Waals surface area contributed by atoms with E-state index >= 15 is 0 Å². The third kappa shape index (κ3) is 5.12. The quantitative estimate of drug-likeness (QED) is 0.478. The molecule has 7 heteroatoms. The number of nitrogens with zero attached hydrogens (tertiary/aromatic N) is 1. The molecular weight excluding hydrogens is 458 g/mol. The van der Waals surface area contributed by atoms with Gasteiger partial charge in [0.2, 0.25) is 5.91 Å². The molecule has 2 aromatic rings. The maximum atomic E-state index is 13.9. The molecule has 2 aliphatic carbocycles. The highest BCUT2D eigenvalue weighted by Crippen LogP contribution is 2.64. The SMILES string of the molecule is Cc1cc(C(=O)N(CCCNC(=O)C2CCCC3C2C3(F)F)Cc2ccccc2)c(C)cc1Cl. The van der Waals surface area contributed by atoms with Crippen LogP contribution in [0.1, 0.15) is 52.7 Å². The van der Waals surface area contributed by atoms with Gasteiger partial charge in [-0.3, -0.25) is 9.59 Å². The highest BCUT2D eigenvalue weighted by molar-refractivity contribution is 6.31. The first-order valence-corrected chi connectivity index (χ1v) is 12.3. The van der Waals surface area contributed by atoms with E-state index < -0.39 is 23.7 Å². The zero-order chi connectivity index (χ0) is 24.5. The van der Waals surface area contributed by atoms with Crippen molar-refractivity contribution in [3.05, 3.63) is 69.7 Å². The molecule has 34 heavy (non-hydrogen) atoms. The van der Waals surface area contributed by atoms with Gasteiger partial charge in [0.05, 0.1) is 0 Å². The number of hydrogen-bond donors (Lipinski definition) is 1. The van der Waals surface area contributed by atoms with E-state index in [1.54, 1.807) is 11.0 Å². The lowest BCUT2D eigenvalue weighted by atomic mass is 9.88. The number of carbonyl (C=O) groups is 2. The molecule has 2 aromatic carbocycles. The molecule has 0 radical (unpaired) electrons. The third-order valence-corrected chi connectivity index (χ3v) is 7.61. The zero-order valence-electron chi connectivity index (χ0n) is 19.6. The van der Waals surface area contributed by atoms with E-state index in [1.807, 2.05) is 50.2 Å². The van der Waals surface area contributed by atoms with Crippen molar-refractivity contribution in [3.8, 4) is 0 Å². The summed E-state index contributed by atoms with van der Waals surface area (Å²) >= 11 is 6.21. The van der Waals surface area contributed by atoms with Crippen LogP contribution in [0.4, 0.5) is 8.78 Å². The number of carbonyl (C=O) groups excluding carboxylic acids is 2. The van der Waals surface area contributed by atoms with Gasteiger partial charge in [-0.05, 0) is 61.9 Å². The minimum absolute atomic E-state index is 0.0970. The van der Waals surface area contributed by atoms with Crippen LogP contribution in [0.15, 0.2) is 42.5 Å². The van der Waals surface area contributed by atoms with E-state index in [4.69, 9.17) is 11.6 Å². The van der Waals surface area contributed by atoms with Crippen molar-refractivity contribution >= 4 is 23.4 Å². The normalized spacial score (nSPS) is 22.6. The highest BCUT2D eigenvalue weighted by atomic mass is 35.5. The number of rotatable bonds is 8. The molecule has 0 bridgehead atoms. The van der Waals surface area contributed by atoms with Gasteiger partial charge >= 0.3 is 0 Å². The number of alkyl halides is 2. The first-order valence-electron chi connectivity index (χ1n) is 12.0. The van der Waals surface area contributed by atoms with Gasteiger partial charge in [-0.1, -0.05) is 48.4 Å².